The molecule has 0 radical (unpaired) electrons. The molecule has 2 heterocycles. The van der Waals surface area contributed by atoms with Crippen molar-refractivity contribution in [2.24, 2.45) is 0 Å². The van der Waals surface area contributed by atoms with Gasteiger partial charge in [0.2, 0.25) is 0 Å². The molecule has 2 aliphatic rings. The lowest BCUT2D eigenvalue weighted by atomic mass is 9.78. The zero-order chi connectivity index (χ0) is 19.5. The summed E-state index contributed by atoms with van der Waals surface area (Å²) in [6.45, 7) is 6.21. The minimum Gasteiger partial charge on any atom is -0.358 e. The van der Waals surface area contributed by atoms with Crippen molar-refractivity contribution in [1.29, 1.82) is 5.41 Å². The van der Waals surface area contributed by atoms with Gasteiger partial charge in [0, 0.05) is 62.7 Å². The number of aryl methyl sites for hydroxylation is 1. The topological polar surface area (TPSA) is 76.9 Å². The van der Waals surface area contributed by atoms with E-state index in [-0.39, 0.29) is 1.43 Å². The highest BCUT2D eigenvalue weighted by atomic mass is 127. The quantitative estimate of drug-likeness (QED) is 0.321. The molecule has 2 aromatic rings. The van der Waals surface area contributed by atoms with E-state index in [1.54, 1.807) is 6.33 Å². The molecule has 1 aliphatic heterocycles. The summed E-state index contributed by atoms with van der Waals surface area (Å²) in [5, 5.41) is 14.9. The van der Waals surface area contributed by atoms with Crippen LogP contribution in [-0.2, 0) is 12.8 Å². The number of rotatable bonds is 5. The van der Waals surface area contributed by atoms with E-state index >= 15 is 0 Å². The van der Waals surface area contributed by atoms with Gasteiger partial charge in [0.25, 0.3) is 0 Å². The summed E-state index contributed by atoms with van der Waals surface area (Å²) >= 11 is 2.34. The fourth-order valence-electron chi connectivity index (χ4n) is 4.52. The number of nitrogens with one attached hydrogen (secondary N) is 3. The van der Waals surface area contributed by atoms with Crippen LogP contribution in [0.15, 0.2) is 18.5 Å². The molecule has 3 N–H and O–H groups in total. The van der Waals surface area contributed by atoms with Gasteiger partial charge in [-0.1, -0.05) is 6.07 Å². The summed E-state index contributed by atoms with van der Waals surface area (Å²) in [6, 6.07) is 4.29. The van der Waals surface area contributed by atoms with Gasteiger partial charge in [-0.05, 0) is 71.3 Å². The number of aromatic nitrogens is 2. The van der Waals surface area contributed by atoms with Crippen molar-refractivity contribution in [2.45, 2.75) is 32.1 Å². The number of piperazine rings is 1. The van der Waals surface area contributed by atoms with Crippen LogP contribution in [0.2, 0.25) is 0 Å². The van der Waals surface area contributed by atoms with Gasteiger partial charge in [-0.15, -0.1) is 0 Å². The third kappa shape index (κ3) is 3.89. The Morgan fingerprint density at radius 1 is 1.36 bits per heavy atom. The number of fused-ring (bicyclic) bond motifs is 1. The van der Waals surface area contributed by atoms with Crippen molar-refractivity contribution in [3.05, 3.63) is 46.4 Å². The van der Waals surface area contributed by atoms with Crippen LogP contribution in [0.25, 0.3) is 0 Å². The predicted octanol–water partition coefficient (Wildman–Crippen LogP) is 4.07. The second-order valence-electron chi connectivity index (χ2n) is 7.42. The maximum absolute atomic E-state index is 8.03. The molecule has 1 aromatic heterocycles. The van der Waals surface area contributed by atoms with E-state index < -0.39 is 0 Å². The lowest BCUT2D eigenvalue weighted by Crippen LogP contribution is -2.44. The summed E-state index contributed by atoms with van der Waals surface area (Å²) < 4.78 is 0. The van der Waals surface area contributed by atoms with Crippen LogP contribution < -0.4 is 15.3 Å². The first-order valence-corrected chi connectivity index (χ1v) is 13.9. The van der Waals surface area contributed by atoms with Crippen molar-refractivity contribution in [3.8, 4) is 0 Å². The van der Waals surface area contributed by atoms with Crippen molar-refractivity contribution >= 4 is 46.1 Å². The molecule has 1 aliphatic carbocycles. The van der Waals surface area contributed by atoms with Gasteiger partial charge < -0.3 is 20.7 Å². The molecule has 28 heavy (non-hydrogen) atoms. The van der Waals surface area contributed by atoms with Gasteiger partial charge >= 0.3 is 0 Å². The molecular formula is C20H28IN6P. The van der Waals surface area contributed by atoms with E-state index in [0.717, 1.165) is 62.5 Å². The lowest BCUT2D eigenvalue weighted by molar-refractivity contribution is 0.552. The third-order valence-corrected chi connectivity index (χ3v) is 7.02. The minimum atomic E-state index is 0. The summed E-state index contributed by atoms with van der Waals surface area (Å²) in [4.78, 5) is 11.7. The maximum Gasteiger partial charge on any atom is 0.135 e. The largest absolute Gasteiger partial charge is 0.358 e. The summed E-state index contributed by atoms with van der Waals surface area (Å²) in [7, 11) is 0. The number of anilines is 2. The second kappa shape index (κ2) is 9.01. The zero-order valence-electron chi connectivity index (χ0n) is 16.1. The van der Waals surface area contributed by atoms with E-state index in [4.69, 9.17) is 5.41 Å². The van der Waals surface area contributed by atoms with E-state index in [2.05, 4.69) is 66.4 Å². The molecule has 1 aromatic carbocycles. The highest BCUT2D eigenvalue weighted by Crippen LogP contribution is 2.40. The van der Waals surface area contributed by atoms with Crippen LogP contribution >= 0.6 is 28.4 Å². The maximum atomic E-state index is 8.03. The van der Waals surface area contributed by atoms with Crippen molar-refractivity contribution < 1.29 is 1.43 Å². The molecule has 0 amide bonds. The van der Waals surface area contributed by atoms with E-state index in [0.29, 0.717) is 12.3 Å². The van der Waals surface area contributed by atoms with E-state index in [1.807, 2.05) is 0 Å². The van der Waals surface area contributed by atoms with E-state index in [1.165, 1.54) is 28.6 Å². The van der Waals surface area contributed by atoms with Gasteiger partial charge in [-0.25, -0.2) is 9.97 Å². The van der Waals surface area contributed by atoms with Gasteiger partial charge in [0.05, 0.1) is 0 Å². The summed E-state index contributed by atoms with van der Waals surface area (Å²) in [5.41, 5.74) is 7.20. The van der Waals surface area contributed by atoms with Crippen molar-refractivity contribution in [3.63, 3.8) is 0 Å². The number of benzene rings is 1. The second-order valence-corrected chi connectivity index (χ2v) is 9.48. The van der Waals surface area contributed by atoms with Crippen molar-refractivity contribution in [1.82, 2.24) is 15.3 Å². The normalized spacial score (nSPS) is 19.6. The van der Waals surface area contributed by atoms with Crippen LogP contribution in [0.4, 0.5) is 11.5 Å². The van der Waals surface area contributed by atoms with Crippen LogP contribution in [0.5, 0.6) is 0 Å². The molecule has 0 bridgehead atoms. The Hall–Kier alpha value is -1.31. The van der Waals surface area contributed by atoms with Gasteiger partial charge in [0.1, 0.15) is 12.1 Å². The monoisotopic (exact) mass is 510 g/mol. The molecule has 1 saturated heterocycles. The molecule has 1 fully saturated rings. The van der Waals surface area contributed by atoms with Crippen molar-refractivity contribution in [2.75, 3.05) is 36.2 Å². The molecule has 2 atom stereocenters. The molecule has 8 heteroatoms. The minimum absolute atomic E-state index is 0. The smallest absolute Gasteiger partial charge is 0.135 e. The first kappa shape index (κ1) is 20.0. The van der Waals surface area contributed by atoms with Gasteiger partial charge in [-0.2, -0.15) is 0 Å². The van der Waals surface area contributed by atoms with E-state index in [9.17, 15) is 0 Å². The molecular weight excluding hydrogens is 482 g/mol. The Bertz CT molecular complexity index is 874. The number of hydrogen-bond donors (Lipinski definition) is 3. The average molecular weight is 510 g/mol. The SMILES string of the molecule is Cc1ccc(NPI)c(C=N)c1C1CCc2c(ncnc2N2CCNCC2)C1.[HH]. The summed E-state index contributed by atoms with van der Waals surface area (Å²) in [5.74, 6) is 1.53. The number of hydrogen-bond acceptors (Lipinski definition) is 6. The Kier molecular flexibility index (Phi) is 6.43. The Balaban J connectivity index is 0.00000240. The van der Waals surface area contributed by atoms with Crippen LogP contribution in [0.3, 0.4) is 0 Å². The fraction of sp³-hybridized carbons (Fsp3) is 0.450. The molecule has 0 spiro atoms. The molecule has 150 valence electrons. The zero-order valence-corrected chi connectivity index (χ0v) is 19.2. The number of halogens is 1. The molecule has 6 nitrogen and oxygen atoms in total. The van der Waals surface area contributed by atoms with Crippen LogP contribution in [-0.4, -0.2) is 42.4 Å². The summed E-state index contributed by atoms with van der Waals surface area (Å²) in [6.07, 6.45) is 6.85. The van der Waals surface area contributed by atoms with Gasteiger partial charge in [0.15, 0.2) is 0 Å². The highest BCUT2D eigenvalue weighted by Gasteiger charge is 2.28. The fourth-order valence-corrected chi connectivity index (χ4v) is 5.71. The lowest BCUT2D eigenvalue weighted by Gasteiger charge is -2.33. The van der Waals surface area contributed by atoms with Gasteiger partial charge in [-0.3, -0.25) is 0 Å². The first-order chi connectivity index (χ1) is 13.7. The van der Waals surface area contributed by atoms with Crippen LogP contribution in [0, 0.1) is 12.3 Å². The van der Waals surface area contributed by atoms with Crippen LogP contribution in [0.1, 0.15) is 41.7 Å². The Morgan fingerprint density at radius 2 is 2.18 bits per heavy atom. The third-order valence-electron chi connectivity index (χ3n) is 5.85. The molecule has 4 rings (SSSR count). The average Bonchev–Trinajstić information content (AvgIpc) is 2.74. The predicted molar refractivity (Wildman–Crippen MR) is 129 cm³/mol. The molecule has 0 saturated carbocycles. The Labute approximate surface area is 182 Å². The molecule has 2 unspecified atom stereocenters. The number of nitrogens with zero attached hydrogens (tertiary/aromatic N) is 3. The Morgan fingerprint density at radius 3 is 2.93 bits per heavy atom. The first-order valence-electron chi connectivity index (χ1n) is 9.77. The standard InChI is InChI=1S/C20H26IN6P.H2/c1-13-2-5-17(26-28-21)16(11-22)19(13)14-3-4-15-18(10-14)24-12-25-20(15)27-8-6-23-7-9-27;/h2,5,11-12,14,22-23,26,28H,3-4,6-10H2,1H3;1H. The highest BCUT2D eigenvalue weighted by molar-refractivity contribution is 14.2.